The Morgan fingerprint density at radius 2 is 1.65 bits per heavy atom. The molecule has 0 aromatic heterocycles. The van der Waals surface area contributed by atoms with Crippen LogP contribution in [0.1, 0.15) is 16.7 Å². The van der Waals surface area contributed by atoms with Crippen molar-refractivity contribution in [2.24, 2.45) is 0 Å². The molecule has 0 saturated heterocycles. The van der Waals surface area contributed by atoms with Gasteiger partial charge in [0.15, 0.2) is 0 Å². The molecule has 2 aromatic carbocycles. The van der Waals surface area contributed by atoms with E-state index in [0.29, 0.717) is 0 Å². The van der Waals surface area contributed by atoms with Crippen molar-refractivity contribution in [3.05, 3.63) is 69.7 Å². The number of aryl methyl sites for hydroxylation is 1. The zero-order valence-corrected chi connectivity index (χ0v) is 11.5. The smallest absolute Gasteiger partial charge is 0.0209 e. The molecule has 0 amide bonds. The Labute approximate surface area is 111 Å². The first-order valence-corrected chi connectivity index (χ1v) is 6.54. The van der Waals surface area contributed by atoms with Gasteiger partial charge in [-0.3, -0.25) is 0 Å². The highest BCUT2D eigenvalue weighted by Gasteiger charge is 1.97. The van der Waals surface area contributed by atoms with E-state index in [4.69, 9.17) is 0 Å². The maximum Gasteiger partial charge on any atom is 0.0209 e. The molecule has 0 aliphatic carbocycles. The van der Waals surface area contributed by atoms with Crippen molar-refractivity contribution in [1.82, 2.24) is 5.32 Å². The molecule has 88 valence electrons. The van der Waals surface area contributed by atoms with Crippen LogP contribution in [0.15, 0.2) is 53.0 Å². The Morgan fingerprint density at radius 3 is 2.35 bits per heavy atom. The Balaban J connectivity index is 1.88. The third-order valence-electron chi connectivity index (χ3n) is 2.74. The lowest BCUT2D eigenvalue weighted by atomic mass is 10.1. The van der Waals surface area contributed by atoms with Crippen molar-refractivity contribution in [1.29, 1.82) is 0 Å². The summed E-state index contributed by atoms with van der Waals surface area (Å²) in [6.07, 6.45) is 0. The van der Waals surface area contributed by atoms with E-state index in [2.05, 4.69) is 70.6 Å². The maximum absolute atomic E-state index is 3.56. The van der Waals surface area contributed by atoms with E-state index in [-0.39, 0.29) is 0 Å². The largest absolute Gasteiger partial charge is 0.309 e. The molecule has 0 saturated carbocycles. The Hall–Kier alpha value is -1.12. The van der Waals surface area contributed by atoms with Gasteiger partial charge in [-0.1, -0.05) is 58.4 Å². The van der Waals surface area contributed by atoms with E-state index in [0.717, 1.165) is 13.1 Å². The van der Waals surface area contributed by atoms with Gasteiger partial charge in [-0.25, -0.2) is 0 Å². The third kappa shape index (κ3) is 3.69. The minimum absolute atomic E-state index is 0.897. The summed E-state index contributed by atoms with van der Waals surface area (Å²) in [5, 5.41) is 3.44. The van der Waals surface area contributed by atoms with E-state index in [9.17, 15) is 0 Å². The lowest BCUT2D eigenvalue weighted by molar-refractivity contribution is 0.693. The number of hydrogen-bond donors (Lipinski definition) is 1. The second kappa shape index (κ2) is 5.99. The fourth-order valence-corrected chi connectivity index (χ4v) is 2.12. The van der Waals surface area contributed by atoms with Crippen LogP contribution in [0, 0.1) is 6.92 Å². The lowest BCUT2D eigenvalue weighted by Crippen LogP contribution is -2.12. The fraction of sp³-hybridized carbons (Fsp3) is 0.200. The first-order chi connectivity index (χ1) is 8.25. The number of rotatable bonds is 4. The van der Waals surface area contributed by atoms with Crippen molar-refractivity contribution in [3.8, 4) is 0 Å². The van der Waals surface area contributed by atoms with Gasteiger partial charge in [-0.2, -0.15) is 0 Å². The second-order valence-electron chi connectivity index (χ2n) is 4.17. The molecule has 0 aliphatic heterocycles. The van der Waals surface area contributed by atoms with Gasteiger partial charge in [-0.05, 0) is 29.7 Å². The predicted molar refractivity (Wildman–Crippen MR) is 75.9 cm³/mol. The number of nitrogens with one attached hydrogen (secondary N) is 1. The molecule has 0 aliphatic rings. The standard InChI is InChI=1S/C15H16BrN/c1-12-7-8-14(9-15(12)16)11-17-10-13-5-3-2-4-6-13/h2-9,17H,10-11H2,1H3. The minimum Gasteiger partial charge on any atom is -0.309 e. The molecule has 2 aromatic rings. The molecule has 0 unspecified atom stereocenters. The molecular weight excluding hydrogens is 274 g/mol. The van der Waals surface area contributed by atoms with Crippen LogP contribution in [0.25, 0.3) is 0 Å². The van der Waals surface area contributed by atoms with Crippen molar-refractivity contribution < 1.29 is 0 Å². The molecule has 1 nitrogen and oxygen atoms in total. The van der Waals surface area contributed by atoms with E-state index < -0.39 is 0 Å². The van der Waals surface area contributed by atoms with Gasteiger partial charge in [0.25, 0.3) is 0 Å². The van der Waals surface area contributed by atoms with Crippen LogP contribution in [0.5, 0.6) is 0 Å². The van der Waals surface area contributed by atoms with Crippen LogP contribution in [0.4, 0.5) is 0 Å². The van der Waals surface area contributed by atoms with Gasteiger partial charge in [-0.15, -0.1) is 0 Å². The topological polar surface area (TPSA) is 12.0 Å². The number of benzene rings is 2. The molecule has 0 spiro atoms. The van der Waals surface area contributed by atoms with Crippen LogP contribution in [0.2, 0.25) is 0 Å². The summed E-state index contributed by atoms with van der Waals surface area (Å²) < 4.78 is 1.18. The fourth-order valence-electron chi connectivity index (χ4n) is 1.69. The minimum atomic E-state index is 0.897. The van der Waals surface area contributed by atoms with Gasteiger partial charge in [0.2, 0.25) is 0 Å². The van der Waals surface area contributed by atoms with E-state index in [1.165, 1.54) is 21.2 Å². The van der Waals surface area contributed by atoms with Crippen molar-refractivity contribution in [3.63, 3.8) is 0 Å². The van der Waals surface area contributed by atoms with Gasteiger partial charge in [0.1, 0.15) is 0 Å². The first kappa shape index (κ1) is 12.3. The zero-order chi connectivity index (χ0) is 12.1. The summed E-state index contributed by atoms with van der Waals surface area (Å²) in [6, 6.07) is 16.9. The average Bonchev–Trinajstić information content (AvgIpc) is 2.35. The molecule has 0 fully saturated rings. The summed E-state index contributed by atoms with van der Waals surface area (Å²) in [4.78, 5) is 0. The zero-order valence-electron chi connectivity index (χ0n) is 9.91. The third-order valence-corrected chi connectivity index (χ3v) is 3.59. The molecule has 0 heterocycles. The average molecular weight is 290 g/mol. The summed E-state index contributed by atoms with van der Waals surface area (Å²) >= 11 is 3.56. The second-order valence-corrected chi connectivity index (χ2v) is 5.03. The molecule has 17 heavy (non-hydrogen) atoms. The summed E-state index contributed by atoms with van der Waals surface area (Å²) in [7, 11) is 0. The quantitative estimate of drug-likeness (QED) is 0.896. The van der Waals surface area contributed by atoms with Crippen LogP contribution >= 0.6 is 15.9 Å². The molecule has 2 rings (SSSR count). The highest BCUT2D eigenvalue weighted by molar-refractivity contribution is 9.10. The molecule has 1 N–H and O–H groups in total. The van der Waals surface area contributed by atoms with Gasteiger partial charge >= 0.3 is 0 Å². The monoisotopic (exact) mass is 289 g/mol. The van der Waals surface area contributed by atoms with Crippen molar-refractivity contribution >= 4 is 15.9 Å². The van der Waals surface area contributed by atoms with Gasteiger partial charge in [0.05, 0.1) is 0 Å². The summed E-state index contributed by atoms with van der Waals surface area (Å²) in [5.41, 5.74) is 3.90. The first-order valence-electron chi connectivity index (χ1n) is 5.75. The molecule has 0 radical (unpaired) electrons. The van der Waals surface area contributed by atoms with Crippen LogP contribution < -0.4 is 5.32 Å². The van der Waals surface area contributed by atoms with Gasteiger partial charge < -0.3 is 5.32 Å². The Bertz CT molecular complexity index is 480. The highest BCUT2D eigenvalue weighted by Crippen LogP contribution is 2.17. The van der Waals surface area contributed by atoms with Gasteiger partial charge in [0, 0.05) is 17.6 Å². The highest BCUT2D eigenvalue weighted by atomic mass is 79.9. The summed E-state index contributed by atoms with van der Waals surface area (Å²) in [6.45, 7) is 3.91. The molecule has 0 bridgehead atoms. The predicted octanol–water partition coefficient (Wildman–Crippen LogP) is 4.05. The maximum atomic E-state index is 3.56. The molecule has 2 heteroatoms. The molecular formula is C15H16BrN. The number of halogens is 1. The van der Waals surface area contributed by atoms with E-state index in [1.54, 1.807) is 0 Å². The van der Waals surface area contributed by atoms with Crippen molar-refractivity contribution in [2.45, 2.75) is 20.0 Å². The molecule has 0 atom stereocenters. The number of hydrogen-bond acceptors (Lipinski definition) is 1. The Kier molecular flexibility index (Phi) is 4.35. The van der Waals surface area contributed by atoms with Crippen molar-refractivity contribution in [2.75, 3.05) is 0 Å². The SMILES string of the molecule is Cc1ccc(CNCc2ccccc2)cc1Br. The van der Waals surface area contributed by atoms with E-state index >= 15 is 0 Å². The van der Waals surface area contributed by atoms with Crippen LogP contribution in [0.3, 0.4) is 0 Å². The summed E-state index contributed by atoms with van der Waals surface area (Å²) in [5.74, 6) is 0. The normalized spacial score (nSPS) is 10.5. The Morgan fingerprint density at radius 1 is 0.941 bits per heavy atom. The van der Waals surface area contributed by atoms with Crippen LogP contribution in [-0.4, -0.2) is 0 Å². The van der Waals surface area contributed by atoms with Crippen LogP contribution in [-0.2, 0) is 13.1 Å². The lowest BCUT2D eigenvalue weighted by Gasteiger charge is -2.06. The van der Waals surface area contributed by atoms with E-state index in [1.807, 2.05) is 6.07 Å².